The molecule has 1 saturated heterocycles. The van der Waals surface area contributed by atoms with Gasteiger partial charge in [0.15, 0.2) is 0 Å². The first-order valence-corrected chi connectivity index (χ1v) is 5.47. The molecule has 1 fully saturated rings. The van der Waals surface area contributed by atoms with E-state index in [-0.39, 0.29) is 6.09 Å². The van der Waals surface area contributed by atoms with Crippen LogP contribution in [-0.2, 0) is 0 Å². The van der Waals surface area contributed by atoms with Crippen molar-refractivity contribution in [2.45, 2.75) is 19.3 Å². The highest BCUT2D eigenvalue weighted by Gasteiger charge is 2.19. The highest BCUT2D eigenvalue weighted by atomic mass is 32.1. The molecule has 2 heterocycles. The standard InChI is InChI=1S/C8H11N3O2S/c12-8(11-4-2-1-3-5-11)13-7-10-9-6-14-7/h6H,1-5H2. The van der Waals surface area contributed by atoms with Gasteiger partial charge in [-0.25, -0.2) is 4.79 Å². The summed E-state index contributed by atoms with van der Waals surface area (Å²) in [5.41, 5.74) is 1.54. The number of rotatable bonds is 1. The lowest BCUT2D eigenvalue weighted by atomic mass is 10.1. The van der Waals surface area contributed by atoms with Crippen LogP contribution in [0.3, 0.4) is 0 Å². The molecular weight excluding hydrogens is 202 g/mol. The predicted molar refractivity (Wildman–Crippen MR) is 51.4 cm³/mol. The molecular formula is C8H11N3O2S. The van der Waals surface area contributed by atoms with E-state index in [0.29, 0.717) is 5.19 Å². The maximum atomic E-state index is 11.5. The molecule has 1 amide bonds. The van der Waals surface area contributed by atoms with E-state index in [2.05, 4.69) is 10.2 Å². The minimum atomic E-state index is -0.304. The predicted octanol–water partition coefficient (Wildman–Crippen LogP) is 1.52. The zero-order chi connectivity index (χ0) is 9.80. The van der Waals surface area contributed by atoms with Crippen LogP contribution in [0.2, 0.25) is 0 Å². The van der Waals surface area contributed by atoms with Crippen molar-refractivity contribution in [3.05, 3.63) is 5.51 Å². The zero-order valence-corrected chi connectivity index (χ0v) is 8.50. The molecule has 0 unspecified atom stereocenters. The summed E-state index contributed by atoms with van der Waals surface area (Å²) < 4.78 is 5.03. The van der Waals surface area contributed by atoms with E-state index in [0.717, 1.165) is 25.9 Å². The van der Waals surface area contributed by atoms with Crippen LogP contribution < -0.4 is 4.74 Å². The Kier molecular flexibility index (Phi) is 2.93. The molecule has 0 spiro atoms. The third-order valence-electron chi connectivity index (χ3n) is 2.13. The summed E-state index contributed by atoms with van der Waals surface area (Å²) in [6.07, 6.45) is 3.01. The minimum absolute atomic E-state index is 0.304. The monoisotopic (exact) mass is 213 g/mol. The summed E-state index contributed by atoms with van der Waals surface area (Å²) in [6.45, 7) is 1.58. The molecule has 1 aliphatic rings. The quantitative estimate of drug-likeness (QED) is 0.709. The molecule has 0 bridgehead atoms. The second kappa shape index (κ2) is 4.36. The van der Waals surface area contributed by atoms with E-state index in [4.69, 9.17) is 4.74 Å². The van der Waals surface area contributed by atoms with E-state index >= 15 is 0 Å². The van der Waals surface area contributed by atoms with Crippen molar-refractivity contribution in [3.8, 4) is 5.19 Å². The van der Waals surface area contributed by atoms with E-state index in [1.54, 1.807) is 10.4 Å². The Labute approximate surface area is 85.7 Å². The first kappa shape index (κ1) is 9.39. The Morgan fingerprint density at radius 1 is 1.43 bits per heavy atom. The van der Waals surface area contributed by atoms with Crippen LogP contribution in [0, 0.1) is 0 Å². The fourth-order valence-corrected chi connectivity index (χ4v) is 1.82. The van der Waals surface area contributed by atoms with Gasteiger partial charge in [0.05, 0.1) is 0 Å². The van der Waals surface area contributed by atoms with Gasteiger partial charge < -0.3 is 9.64 Å². The first-order valence-electron chi connectivity index (χ1n) is 4.59. The maximum Gasteiger partial charge on any atom is 0.417 e. The molecule has 1 aromatic heterocycles. The first-order chi connectivity index (χ1) is 6.86. The van der Waals surface area contributed by atoms with Crippen LogP contribution in [0.25, 0.3) is 0 Å². The third kappa shape index (κ3) is 2.20. The van der Waals surface area contributed by atoms with Crippen LogP contribution in [-0.4, -0.2) is 34.3 Å². The Morgan fingerprint density at radius 3 is 2.86 bits per heavy atom. The molecule has 6 heteroatoms. The van der Waals surface area contributed by atoms with Gasteiger partial charge in [0.25, 0.3) is 0 Å². The van der Waals surface area contributed by atoms with Crippen molar-refractivity contribution in [1.29, 1.82) is 0 Å². The Morgan fingerprint density at radius 2 is 2.21 bits per heavy atom. The van der Waals surface area contributed by atoms with Crippen LogP contribution >= 0.6 is 11.3 Å². The molecule has 0 atom stereocenters. The van der Waals surface area contributed by atoms with Crippen molar-refractivity contribution < 1.29 is 9.53 Å². The number of hydrogen-bond donors (Lipinski definition) is 0. The van der Waals surface area contributed by atoms with Gasteiger partial charge in [-0.05, 0) is 19.3 Å². The summed E-state index contributed by atoms with van der Waals surface area (Å²) in [7, 11) is 0. The molecule has 0 aromatic carbocycles. The number of carbonyl (C=O) groups excluding carboxylic acids is 1. The molecule has 0 radical (unpaired) electrons. The highest BCUT2D eigenvalue weighted by Crippen LogP contribution is 2.15. The number of likely N-dealkylation sites (tertiary alicyclic amines) is 1. The van der Waals surface area contributed by atoms with Crippen LogP contribution in [0.1, 0.15) is 19.3 Å². The van der Waals surface area contributed by atoms with Gasteiger partial charge in [-0.1, -0.05) is 16.4 Å². The fraction of sp³-hybridized carbons (Fsp3) is 0.625. The topological polar surface area (TPSA) is 55.3 Å². The second-order valence-electron chi connectivity index (χ2n) is 3.12. The van der Waals surface area contributed by atoms with Crippen molar-refractivity contribution >= 4 is 17.4 Å². The van der Waals surface area contributed by atoms with E-state index in [1.807, 2.05) is 0 Å². The van der Waals surface area contributed by atoms with Gasteiger partial charge >= 0.3 is 11.3 Å². The lowest BCUT2D eigenvalue weighted by Gasteiger charge is -2.24. The second-order valence-corrected chi connectivity index (χ2v) is 3.92. The zero-order valence-electron chi connectivity index (χ0n) is 7.68. The summed E-state index contributed by atoms with van der Waals surface area (Å²) in [5.74, 6) is 0. The summed E-state index contributed by atoms with van der Waals surface area (Å²) in [6, 6.07) is 0. The van der Waals surface area contributed by atoms with Gasteiger partial charge in [0, 0.05) is 13.1 Å². The van der Waals surface area contributed by atoms with Gasteiger partial charge in [-0.2, -0.15) is 0 Å². The smallest absolute Gasteiger partial charge is 0.380 e. The molecule has 1 aromatic rings. The van der Waals surface area contributed by atoms with Crippen molar-refractivity contribution in [3.63, 3.8) is 0 Å². The fourth-order valence-electron chi connectivity index (χ4n) is 1.42. The number of carbonyl (C=O) groups is 1. The van der Waals surface area contributed by atoms with E-state index in [9.17, 15) is 4.79 Å². The molecule has 0 N–H and O–H groups in total. The van der Waals surface area contributed by atoms with E-state index < -0.39 is 0 Å². The molecule has 5 nitrogen and oxygen atoms in total. The number of nitrogens with zero attached hydrogens (tertiary/aromatic N) is 3. The van der Waals surface area contributed by atoms with Gasteiger partial charge in [-0.3, -0.25) is 0 Å². The number of ether oxygens (including phenoxy) is 1. The SMILES string of the molecule is O=C(Oc1nncs1)N1CCCCC1. The highest BCUT2D eigenvalue weighted by molar-refractivity contribution is 7.11. The Balaban J connectivity index is 1.88. The third-order valence-corrected chi connectivity index (χ3v) is 2.70. The Hall–Kier alpha value is -1.17. The number of hydrogen-bond acceptors (Lipinski definition) is 5. The van der Waals surface area contributed by atoms with Crippen LogP contribution in [0.15, 0.2) is 5.51 Å². The molecule has 0 saturated carbocycles. The molecule has 2 rings (SSSR count). The van der Waals surface area contributed by atoms with Gasteiger partial charge in [-0.15, -0.1) is 5.10 Å². The van der Waals surface area contributed by atoms with Crippen molar-refractivity contribution in [1.82, 2.24) is 15.1 Å². The number of aromatic nitrogens is 2. The van der Waals surface area contributed by atoms with Gasteiger partial charge in [0.1, 0.15) is 5.51 Å². The van der Waals surface area contributed by atoms with E-state index in [1.165, 1.54) is 17.8 Å². The maximum absolute atomic E-state index is 11.5. The lowest BCUT2D eigenvalue weighted by Crippen LogP contribution is -2.37. The lowest BCUT2D eigenvalue weighted by molar-refractivity contribution is 0.142. The van der Waals surface area contributed by atoms with Crippen LogP contribution in [0.5, 0.6) is 5.19 Å². The number of piperidine rings is 1. The average molecular weight is 213 g/mol. The summed E-state index contributed by atoms with van der Waals surface area (Å²) >= 11 is 1.22. The minimum Gasteiger partial charge on any atom is -0.380 e. The van der Waals surface area contributed by atoms with Crippen molar-refractivity contribution in [2.24, 2.45) is 0 Å². The van der Waals surface area contributed by atoms with Gasteiger partial charge in [0.2, 0.25) is 0 Å². The molecule has 14 heavy (non-hydrogen) atoms. The number of amides is 1. The summed E-state index contributed by atoms with van der Waals surface area (Å²) in [4.78, 5) is 13.2. The molecule has 0 aliphatic carbocycles. The molecule has 76 valence electrons. The normalized spacial score (nSPS) is 16.7. The average Bonchev–Trinajstić information content (AvgIpc) is 2.72. The van der Waals surface area contributed by atoms with Crippen LogP contribution in [0.4, 0.5) is 4.79 Å². The molecule has 1 aliphatic heterocycles. The van der Waals surface area contributed by atoms with Crippen molar-refractivity contribution in [2.75, 3.05) is 13.1 Å². The summed E-state index contributed by atoms with van der Waals surface area (Å²) in [5, 5.41) is 7.56. The Bertz CT molecular complexity index is 296. The largest absolute Gasteiger partial charge is 0.417 e.